The molecular weight excluding hydrogens is 260 g/mol. The van der Waals surface area contributed by atoms with Crippen molar-refractivity contribution in [1.29, 1.82) is 0 Å². The van der Waals surface area contributed by atoms with Gasteiger partial charge < -0.3 is 20.1 Å². The van der Waals surface area contributed by atoms with E-state index in [1.807, 2.05) is 0 Å². The number of rotatable bonds is 9. The predicted molar refractivity (Wildman–Crippen MR) is 74.9 cm³/mol. The maximum Gasteiger partial charge on any atom is 0.160 e. The Hall–Kier alpha value is -1.59. The third kappa shape index (κ3) is 5.59. The van der Waals surface area contributed by atoms with E-state index in [2.05, 4.69) is 0 Å². The van der Waals surface area contributed by atoms with Crippen molar-refractivity contribution in [2.24, 2.45) is 0 Å². The molecule has 3 N–H and O–H groups in total. The highest BCUT2D eigenvalue weighted by molar-refractivity contribution is 5.79. The minimum absolute atomic E-state index is 0.0116. The lowest BCUT2D eigenvalue weighted by molar-refractivity contribution is -0.121. The van der Waals surface area contributed by atoms with Gasteiger partial charge in [0.05, 0.1) is 13.2 Å². The summed E-state index contributed by atoms with van der Waals surface area (Å²) < 4.78 is 5.00. The number of benzene rings is 1. The van der Waals surface area contributed by atoms with Gasteiger partial charge in [0.25, 0.3) is 0 Å². The average Bonchev–Trinajstić information content (AvgIpc) is 2.44. The first-order valence-electron chi connectivity index (χ1n) is 6.73. The number of hydrogen-bond acceptors (Lipinski definition) is 5. The number of aryl methyl sites for hydroxylation is 1. The Balaban J connectivity index is 2.41. The number of aliphatic hydroxyl groups excluding tert-OH is 2. The number of ether oxygens (including phenoxy) is 1. The molecule has 5 nitrogen and oxygen atoms in total. The van der Waals surface area contributed by atoms with Crippen LogP contribution in [0.2, 0.25) is 0 Å². The molecule has 0 unspecified atom stereocenters. The summed E-state index contributed by atoms with van der Waals surface area (Å²) in [6.07, 6.45) is 1.27. The Morgan fingerprint density at radius 1 is 1.40 bits per heavy atom. The summed E-state index contributed by atoms with van der Waals surface area (Å²) in [6, 6.07) is 4.98. The molecule has 0 aliphatic carbocycles. The van der Waals surface area contributed by atoms with Crippen molar-refractivity contribution in [3.8, 4) is 11.5 Å². The van der Waals surface area contributed by atoms with Gasteiger partial charge in [-0.25, -0.2) is 0 Å². The molecule has 1 aromatic rings. The zero-order valence-electron chi connectivity index (χ0n) is 11.7. The fraction of sp³-hybridized carbons (Fsp3) is 0.533. The Morgan fingerprint density at radius 3 is 2.80 bits per heavy atom. The molecule has 5 heteroatoms. The van der Waals surface area contributed by atoms with Crippen LogP contribution in [0, 0.1) is 0 Å². The molecule has 0 saturated heterocycles. The van der Waals surface area contributed by atoms with Crippen LogP contribution in [-0.4, -0.2) is 40.9 Å². The van der Waals surface area contributed by atoms with Crippen molar-refractivity contribution in [1.82, 2.24) is 0 Å². The molecule has 20 heavy (non-hydrogen) atoms. The van der Waals surface area contributed by atoms with Crippen molar-refractivity contribution in [3.63, 3.8) is 0 Å². The Morgan fingerprint density at radius 2 is 2.15 bits per heavy atom. The monoisotopic (exact) mass is 282 g/mol. The van der Waals surface area contributed by atoms with E-state index >= 15 is 0 Å². The fourth-order valence-corrected chi connectivity index (χ4v) is 1.96. The average molecular weight is 282 g/mol. The zero-order valence-corrected chi connectivity index (χ0v) is 11.7. The number of aliphatic hydroxyl groups is 2. The summed E-state index contributed by atoms with van der Waals surface area (Å²) >= 11 is 0. The second-order valence-electron chi connectivity index (χ2n) is 4.77. The van der Waals surface area contributed by atoms with Crippen LogP contribution in [0.15, 0.2) is 18.2 Å². The molecule has 0 spiro atoms. The van der Waals surface area contributed by atoms with Gasteiger partial charge in [-0.15, -0.1) is 0 Å². The highest BCUT2D eigenvalue weighted by atomic mass is 16.5. The van der Waals surface area contributed by atoms with Gasteiger partial charge >= 0.3 is 0 Å². The molecule has 0 amide bonds. The van der Waals surface area contributed by atoms with Crippen molar-refractivity contribution >= 4 is 5.78 Å². The molecule has 1 aromatic carbocycles. The number of phenols is 1. The molecule has 0 bridgehead atoms. The Kier molecular flexibility index (Phi) is 7.04. The highest BCUT2D eigenvalue weighted by Crippen LogP contribution is 2.26. The van der Waals surface area contributed by atoms with Gasteiger partial charge in [-0.05, 0) is 37.0 Å². The largest absolute Gasteiger partial charge is 0.504 e. The lowest BCUT2D eigenvalue weighted by atomic mass is 10.0. The lowest BCUT2D eigenvalue weighted by Gasteiger charge is -2.09. The molecule has 1 atom stereocenters. The van der Waals surface area contributed by atoms with Crippen LogP contribution >= 0.6 is 0 Å². The second kappa shape index (κ2) is 8.55. The predicted octanol–water partition coefficient (Wildman–Crippen LogP) is 1.43. The summed E-state index contributed by atoms with van der Waals surface area (Å²) in [7, 11) is 1.47. The van der Waals surface area contributed by atoms with Crippen LogP contribution in [-0.2, 0) is 11.2 Å². The normalized spacial score (nSPS) is 12.2. The van der Waals surface area contributed by atoms with Crippen molar-refractivity contribution < 1.29 is 24.9 Å². The topological polar surface area (TPSA) is 87.0 Å². The minimum atomic E-state index is -0.677. The number of carbonyl (C=O) groups is 1. The number of hydrogen-bond donors (Lipinski definition) is 3. The first-order chi connectivity index (χ1) is 9.56. The first kappa shape index (κ1) is 16.5. The maximum atomic E-state index is 11.7. The number of Topliss-reactive ketones (excluding diaryl/α,β-unsaturated/α-hetero) is 1. The van der Waals surface area contributed by atoms with Crippen molar-refractivity contribution in [2.75, 3.05) is 13.7 Å². The third-order valence-electron chi connectivity index (χ3n) is 3.10. The van der Waals surface area contributed by atoms with Gasteiger partial charge in [0.15, 0.2) is 11.5 Å². The summed E-state index contributed by atoms with van der Waals surface area (Å²) in [5.41, 5.74) is 0.901. The van der Waals surface area contributed by atoms with Gasteiger partial charge in [-0.2, -0.15) is 0 Å². The van der Waals surface area contributed by atoms with Crippen LogP contribution in [0.3, 0.4) is 0 Å². The Bertz CT molecular complexity index is 430. The van der Waals surface area contributed by atoms with E-state index in [1.54, 1.807) is 12.1 Å². The Labute approximate surface area is 118 Å². The molecule has 1 rings (SSSR count). The standard InChI is InChI=1S/C15H22O5/c1-20-15-9-11(5-7-14(15)19)4-6-13(18)10-12(17)3-2-8-16/h5,7,9,12,16-17,19H,2-4,6,8,10H2,1H3/t12-/m1/s1. The minimum Gasteiger partial charge on any atom is -0.504 e. The summed E-state index contributed by atoms with van der Waals surface area (Å²) in [5, 5.41) is 27.7. The van der Waals surface area contributed by atoms with Gasteiger partial charge in [0.1, 0.15) is 5.78 Å². The van der Waals surface area contributed by atoms with Gasteiger partial charge in [0, 0.05) is 19.4 Å². The molecule has 0 aromatic heterocycles. The van der Waals surface area contributed by atoms with Crippen LogP contribution in [0.25, 0.3) is 0 Å². The van der Waals surface area contributed by atoms with Crippen LogP contribution in [0.4, 0.5) is 0 Å². The van der Waals surface area contributed by atoms with Crippen LogP contribution in [0.1, 0.15) is 31.2 Å². The number of methoxy groups -OCH3 is 1. The quantitative estimate of drug-likeness (QED) is 0.637. The maximum absolute atomic E-state index is 11.7. The molecule has 112 valence electrons. The molecule has 0 saturated carbocycles. The molecule has 0 heterocycles. The number of ketones is 1. The van der Waals surface area contributed by atoms with E-state index in [9.17, 15) is 15.0 Å². The summed E-state index contributed by atoms with van der Waals surface area (Å²) in [6.45, 7) is 0.0263. The van der Waals surface area contributed by atoms with Gasteiger partial charge in [0.2, 0.25) is 0 Å². The smallest absolute Gasteiger partial charge is 0.160 e. The van der Waals surface area contributed by atoms with Crippen LogP contribution in [0.5, 0.6) is 11.5 Å². The first-order valence-corrected chi connectivity index (χ1v) is 6.73. The molecule has 0 aliphatic heterocycles. The van der Waals surface area contributed by atoms with E-state index in [0.29, 0.717) is 31.4 Å². The number of aromatic hydroxyl groups is 1. The highest BCUT2D eigenvalue weighted by Gasteiger charge is 2.11. The molecule has 0 aliphatic rings. The summed E-state index contributed by atoms with van der Waals surface area (Å²) in [4.78, 5) is 11.7. The third-order valence-corrected chi connectivity index (χ3v) is 3.10. The van der Waals surface area contributed by atoms with E-state index in [1.165, 1.54) is 13.2 Å². The van der Waals surface area contributed by atoms with Gasteiger partial charge in [-0.3, -0.25) is 4.79 Å². The SMILES string of the molecule is COc1cc(CCC(=O)C[C@H](O)CCCO)ccc1O. The summed E-state index contributed by atoms with van der Waals surface area (Å²) in [5.74, 6) is 0.447. The van der Waals surface area contributed by atoms with Crippen LogP contribution < -0.4 is 4.74 Å². The number of carbonyl (C=O) groups excluding carboxylic acids is 1. The lowest BCUT2D eigenvalue weighted by Crippen LogP contribution is -2.14. The fourth-order valence-electron chi connectivity index (χ4n) is 1.96. The van der Waals surface area contributed by atoms with E-state index in [-0.39, 0.29) is 24.6 Å². The van der Waals surface area contributed by atoms with Gasteiger partial charge in [-0.1, -0.05) is 6.07 Å². The zero-order chi connectivity index (χ0) is 15.0. The van der Waals surface area contributed by atoms with E-state index in [0.717, 1.165) is 5.56 Å². The van der Waals surface area contributed by atoms with E-state index in [4.69, 9.17) is 9.84 Å². The van der Waals surface area contributed by atoms with Crippen molar-refractivity contribution in [3.05, 3.63) is 23.8 Å². The molecule has 0 radical (unpaired) electrons. The molecular formula is C15H22O5. The number of phenolic OH excluding ortho intramolecular Hbond substituents is 1. The van der Waals surface area contributed by atoms with Crippen molar-refractivity contribution in [2.45, 2.75) is 38.2 Å². The molecule has 0 fully saturated rings. The van der Waals surface area contributed by atoms with E-state index < -0.39 is 6.10 Å². The second-order valence-corrected chi connectivity index (χ2v) is 4.77.